The summed E-state index contributed by atoms with van der Waals surface area (Å²) in [6.45, 7) is 1.36. The van der Waals surface area contributed by atoms with Crippen LogP contribution in [0.3, 0.4) is 0 Å². The maximum atomic E-state index is 6.01. The maximum absolute atomic E-state index is 6.01. The van der Waals surface area contributed by atoms with E-state index in [1.54, 1.807) is 6.07 Å². The number of rotatable bonds is 3. The molecule has 0 heterocycles. The van der Waals surface area contributed by atoms with Crippen molar-refractivity contribution in [2.75, 3.05) is 25.0 Å². The molecule has 4 heteroatoms. The van der Waals surface area contributed by atoms with Crippen molar-refractivity contribution in [2.24, 2.45) is 5.73 Å². The SMILES string of the molecule is CN(CCN)c1cccc(Cl)c1Cl. The molecule has 1 aromatic rings. The number of anilines is 1. The predicted molar refractivity (Wildman–Crippen MR) is 58.8 cm³/mol. The van der Waals surface area contributed by atoms with Gasteiger partial charge in [-0.25, -0.2) is 0 Å². The van der Waals surface area contributed by atoms with Crippen LogP contribution in [0.25, 0.3) is 0 Å². The van der Waals surface area contributed by atoms with Crippen LogP contribution in [0, 0.1) is 0 Å². The number of halogens is 2. The van der Waals surface area contributed by atoms with E-state index in [0.29, 0.717) is 16.6 Å². The highest BCUT2D eigenvalue weighted by Gasteiger charge is 2.07. The molecule has 0 saturated heterocycles. The van der Waals surface area contributed by atoms with Gasteiger partial charge in [0.25, 0.3) is 0 Å². The maximum Gasteiger partial charge on any atom is 0.0825 e. The molecule has 0 aliphatic heterocycles. The third kappa shape index (κ3) is 2.50. The second-order valence-corrected chi connectivity index (χ2v) is 3.57. The van der Waals surface area contributed by atoms with Gasteiger partial charge in [0.15, 0.2) is 0 Å². The molecule has 0 unspecified atom stereocenters. The van der Waals surface area contributed by atoms with Crippen LogP contribution < -0.4 is 10.6 Å². The molecule has 0 aromatic heterocycles. The Bertz CT molecular complexity index is 289. The molecular weight excluding hydrogens is 207 g/mol. The van der Waals surface area contributed by atoms with Crippen LogP contribution in [0.4, 0.5) is 5.69 Å². The van der Waals surface area contributed by atoms with Gasteiger partial charge in [0, 0.05) is 20.1 Å². The summed E-state index contributed by atoms with van der Waals surface area (Å²) < 4.78 is 0. The summed E-state index contributed by atoms with van der Waals surface area (Å²) in [7, 11) is 1.93. The number of nitrogens with two attached hydrogens (primary N) is 1. The van der Waals surface area contributed by atoms with Crippen LogP contribution in [0.1, 0.15) is 0 Å². The molecule has 1 rings (SSSR count). The molecule has 2 nitrogen and oxygen atoms in total. The van der Waals surface area contributed by atoms with Crippen molar-refractivity contribution in [1.29, 1.82) is 0 Å². The van der Waals surface area contributed by atoms with Gasteiger partial charge in [-0.3, -0.25) is 0 Å². The molecule has 0 saturated carbocycles. The quantitative estimate of drug-likeness (QED) is 0.845. The van der Waals surface area contributed by atoms with Gasteiger partial charge in [0.1, 0.15) is 0 Å². The van der Waals surface area contributed by atoms with Crippen molar-refractivity contribution < 1.29 is 0 Å². The van der Waals surface area contributed by atoms with Crippen molar-refractivity contribution >= 4 is 28.9 Å². The van der Waals surface area contributed by atoms with Crippen molar-refractivity contribution in [3.63, 3.8) is 0 Å². The molecule has 0 fully saturated rings. The molecule has 0 aliphatic carbocycles. The second-order valence-electron chi connectivity index (χ2n) is 2.78. The molecule has 0 spiro atoms. The van der Waals surface area contributed by atoms with E-state index in [0.717, 1.165) is 12.2 Å². The molecule has 0 amide bonds. The number of hydrogen-bond acceptors (Lipinski definition) is 2. The highest BCUT2D eigenvalue weighted by atomic mass is 35.5. The van der Waals surface area contributed by atoms with Gasteiger partial charge in [-0.2, -0.15) is 0 Å². The molecule has 0 radical (unpaired) electrons. The first kappa shape index (κ1) is 10.6. The van der Waals surface area contributed by atoms with Gasteiger partial charge in [-0.05, 0) is 12.1 Å². The molecule has 0 aliphatic rings. The van der Waals surface area contributed by atoms with E-state index in [4.69, 9.17) is 28.9 Å². The number of nitrogens with zero attached hydrogens (tertiary/aromatic N) is 1. The van der Waals surface area contributed by atoms with Gasteiger partial charge in [-0.15, -0.1) is 0 Å². The Kier molecular flexibility index (Phi) is 3.85. The number of benzene rings is 1. The first-order valence-electron chi connectivity index (χ1n) is 4.02. The average Bonchev–Trinajstić information content (AvgIpc) is 2.10. The zero-order chi connectivity index (χ0) is 9.84. The lowest BCUT2D eigenvalue weighted by Crippen LogP contribution is -2.25. The van der Waals surface area contributed by atoms with Crippen molar-refractivity contribution in [3.05, 3.63) is 28.2 Å². The van der Waals surface area contributed by atoms with Gasteiger partial charge in [0.05, 0.1) is 15.7 Å². The fraction of sp³-hybridized carbons (Fsp3) is 0.333. The van der Waals surface area contributed by atoms with E-state index in [-0.39, 0.29) is 0 Å². The van der Waals surface area contributed by atoms with Gasteiger partial charge < -0.3 is 10.6 Å². The van der Waals surface area contributed by atoms with Crippen molar-refractivity contribution in [3.8, 4) is 0 Å². The topological polar surface area (TPSA) is 29.3 Å². The summed E-state index contributed by atoms with van der Waals surface area (Å²) in [5.41, 5.74) is 6.35. The van der Waals surface area contributed by atoms with Crippen molar-refractivity contribution in [1.82, 2.24) is 0 Å². The third-order valence-electron chi connectivity index (χ3n) is 1.81. The van der Waals surface area contributed by atoms with E-state index in [9.17, 15) is 0 Å². The number of hydrogen-bond donors (Lipinski definition) is 1. The van der Waals surface area contributed by atoms with Crippen LogP contribution in [0.5, 0.6) is 0 Å². The molecule has 1 aromatic carbocycles. The summed E-state index contributed by atoms with van der Waals surface area (Å²) >= 11 is 11.9. The molecular formula is C9H12Cl2N2. The zero-order valence-electron chi connectivity index (χ0n) is 7.43. The van der Waals surface area contributed by atoms with Gasteiger partial charge in [0.2, 0.25) is 0 Å². The second kappa shape index (κ2) is 4.70. The summed E-state index contributed by atoms with van der Waals surface area (Å²) in [6.07, 6.45) is 0. The van der Waals surface area contributed by atoms with E-state index < -0.39 is 0 Å². The highest BCUT2D eigenvalue weighted by molar-refractivity contribution is 6.43. The highest BCUT2D eigenvalue weighted by Crippen LogP contribution is 2.31. The minimum Gasteiger partial charge on any atom is -0.372 e. The lowest BCUT2D eigenvalue weighted by atomic mass is 10.3. The molecule has 0 atom stereocenters. The van der Waals surface area contributed by atoms with Gasteiger partial charge >= 0.3 is 0 Å². The van der Waals surface area contributed by atoms with Crippen LogP contribution >= 0.6 is 23.2 Å². The van der Waals surface area contributed by atoms with E-state index >= 15 is 0 Å². The van der Waals surface area contributed by atoms with E-state index in [1.165, 1.54) is 0 Å². The predicted octanol–water partition coefficient (Wildman–Crippen LogP) is 2.39. The summed E-state index contributed by atoms with van der Waals surface area (Å²) in [5, 5.41) is 1.16. The fourth-order valence-corrected chi connectivity index (χ4v) is 1.54. The lowest BCUT2D eigenvalue weighted by molar-refractivity contribution is 0.886. The summed E-state index contributed by atoms with van der Waals surface area (Å²) in [6, 6.07) is 5.56. The molecule has 0 bridgehead atoms. The summed E-state index contributed by atoms with van der Waals surface area (Å²) in [5.74, 6) is 0. The molecule has 72 valence electrons. The van der Waals surface area contributed by atoms with Crippen LogP contribution in [0.2, 0.25) is 10.0 Å². The van der Waals surface area contributed by atoms with Crippen LogP contribution in [0.15, 0.2) is 18.2 Å². The smallest absolute Gasteiger partial charge is 0.0825 e. The minimum atomic E-state index is 0.572. The Morgan fingerprint density at radius 3 is 2.69 bits per heavy atom. The Morgan fingerprint density at radius 1 is 1.38 bits per heavy atom. The standard InChI is InChI=1S/C9H12Cl2N2/c1-13(6-5-12)8-4-2-3-7(10)9(8)11/h2-4H,5-6,12H2,1H3. The largest absolute Gasteiger partial charge is 0.372 e. The first-order chi connectivity index (χ1) is 6.16. The van der Waals surface area contributed by atoms with Crippen LogP contribution in [-0.4, -0.2) is 20.1 Å². The monoisotopic (exact) mass is 218 g/mol. The van der Waals surface area contributed by atoms with E-state index in [2.05, 4.69) is 0 Å². The lowest BCUT2D eigenvalue weighted by Gasteiger charge is -2.19. The Hall–Kier alpha value is -0.440. The Balaban J connectivity index is 2.93. The normalized spacial score (nSPS) is 10.2. The summed E-state index contributed by atoms with van der Waals surface area (Å²) in [4.78, 5) is 1.98. The minimum absolute atomic E-state index is 0.572. The van der Waals surface area contributed by atoms with Gasteiger partial charge in [-0.1, -0.05) is 29.3 Å². The third-order valence-corrected chi connectivity index (χ3v) is 2.62. The Morgan fingerprint density at radius 2 is 2.08 bits per heavy atom. The molecule has 2 N–H and O–H groups in total. The average molecular weight is 219 g/mol. The first-order valence-corrected chi connectivity index (χ1v) is 4.77. The van der Waals surface area contributed by atoms with Crippen molar-refractivity contribution in [2.45, 2.75) is 0 Å². The zero-order valence-corrected chi connectivity index (χ0v) is 8.94. The molecule has 13 heavy (non-hydrogen) atoms. The van der Waals surface area contributed by atoms with Crippen LogP contribution in [-0.2, 0) is 0 Å². The van der Waals surface area contributed by atoms with E-state index in [1.807, 2.05) is 24.1 Å². The number of likely N-dealkylation sites (N-methyl/N-ethyl adjacent to an activating group) is 1. The Labute approximate surface area is 88.2 Å². The fourth-order valence-electron chi connectivity index (χ4n) is 1.10.